The highest BCUT2D eigenvalue weighted by atomic mass is 32.2. The molecule has 6 nitrogen and oxygen atoms in total. The van der Waals surface area contributed by atoms with Gasteiger partial charge in [-0.15, -0.1) is 0 Å². The quantitative estimate of drug-likeness (QED) is 0.568. The van der Waals surface area contributed by atoms with Crippen LogP contribution in [0, 0.1) is 0 Å². The Labute approximate surface area is 137 Å². The van der Waals surface area contributed by atoms with Crippen LogP contribution in [0.5, 0.6) is 0 Å². The fourth-order valence-electron chi connectivity index (χ4n) is 3.05. The summed E-state index contributed by atoms with van der Waals surface area (Å²) < 4.78 is 0. The van der Waals surface area contributed by atoms with Crippen LogP contribution in [0.25, 0.3) is 10.9 Å². The first kappa shape index (κ1) is 14.5. The molecule has 3 aromatic rings. The molecule has 0 fully saturated rings. The van der Waals surface area contributed by atoms with Crippen LogP contribution in [0.4, 0.5) is 0 Å². The molecule has 7 heteroatoms. The van der Waals surface area contributed by atoms with Gasteiger partial charge in [-0.05, 0) is 12.3 Å². The van der Waals surface area contributed by atoms with E-state index in [0.717, 1.165) is 47.4 Å². The summed E-state index contributed by atoms with van der Waals surface area (Å²) in [6.07, 6.45) is 2.72. The molecule has 0 unspecified atom stereocenters. The SMILES string of the molecule is CSc1nc2c(c(=O)[nH]1)CN(Cc1[nH]nc3ccccc13)CC2. The minimum Gasteiger partial charge on any atom is -0.301 e. The van der Waals surface area contributed by atoms with Crippen molar-refractivity contribution in [2.45, 2.75) is 24.7 Å². The Kier molecular flexibility index (Phi) is 3.66. The average Bonchev–Trinajstić information content (AvgIpc) is 2.98. The second-order valence-corrected chi connectivity index (χ2v) is 6.48. The molecule has 2 N–H and O–H groups in total. The molecule has 2 aromatic heterocycles. The van der Waals surface area contributed by atoms with Crippen molar-refractivity contribution in [3.8, 4) is 0 Å². The van der Waals surface area contributed by atoms with E-state index in [2.05, 4.69) is 31.1 Å². The summed E-state index contributed by atoms with van der Waals surface area (Å²) in [7, 11) is 0. The number of thioether (sulfide) groups is 1. The number of nitrogens with one attached hydrogen (secondary N) is 2. The molecule has 0 saturated heterocycles. The topological polar surface area (TPSA) is 77.7 Å². The third-order valence-electron chi connectivity index (χ3n) is 4.24. The van der Waals surface area contributed by atoms with Crippen molar-refractivity contribution in [3.05, 3.63) is 51.6 Å². The van der Waals surface area contributed by atoms with Gasteiger partial charge in [0.05, 0.1) is 22.5 Å². The van der Waals surface area contributed by atoms with E-state index in [9.17, 15) is 4.79 Å². The lowest BCUT2D eigenvalue weighted by atomic mass is 10.1. The van der Waals surface area contributed by atoms with Gasteiger partial charge in [0, 0.05) is 31.4 Å². The first-order valence-electron chi connectivity index (χ1n) is 7.55. The number of hydrogen-bond donors (Lipinski definition) is 2. The van der Waals surface area contributed by atoms with E-state index in [-0.39, 0.29) is 5.56 Å². The normalized spacial score (nSPS) is 15.0. The molecule has 0 saturated carbocycles. The first-order chi connectivity index (χ1) is 11.2. The lowest BCUT2D eigenvalue weighted by Crippen LogP contribution is -2.35. The van der Waals surface area contributed by atoms with Crippen molar-refractivity contribution in [1.29, 1.82) is 0 Å². The standard InChI is InChI=1S/C16H17N5OS/c1-23-16-17-12-6-7-21(8-11(12)15(22)18-16)9-14-10-4-2-3-5-13(10)19-20-14/h2-5H,6-9H2,1H3,(H,19,20)(H,17,18,22). The number of aromatic amines is 2. The Morgan fingerprint density at radius 2 is 2.22 bits per heavy atom. The third-order valence-corrected chi connectivity index (χ3v) is 4.82. The van der Waals surface area contributed by atoms with Gasteiger partial charge in [0.1, 0.15) is 0 Å². The van der Waals surface area contributed by atoms with Gasteiger partial charge < -0.3 is 4.98 Å². The van der Waals surface area contributed by atoms with E-state index < -0.39 is 0 Å². The number of nitrogens with zero attached hydrogens (tertiary/aromatic N) is 3. The molecule has 0 atom stereocenters. The molecule has 118 valence electrons. The van der Waals surface area contributed by atoms with Gasteiger partial charge in [-0.3, -0.25) is 14.8 Å². The Morgan fingerprint density at radius 1 is 1.35 bits per heavy atom. The lowest BCUT2D eigenvalue weighted by Gasteiger charge is -2.27. The van der Waals surface area contributed by atoms with Crippen LogP contribution >= 0.6 is 11.8 Å². The summed E-state index contributed by atoms with van der Waals surface area (Å²) in [4.78, 5) is 21.9. The van der Waals surface area contributed by atoms with Crippen molar-refractivity contribution in [1.82, 2.24) is 25.1 Å². The molecule has 0 bridgehead atoms. The number of benzene rings is 1. The second kappa shape index (κ2) is 5.82. The van der Waals surface area contributed by atoms with Crippen LogP contribution < -0.4 is 5.56 Å². The van der Waals surface area contributed by atoms with Crippen LogP contribution in [0.15, 0.2) is 34.2 Å². The molecule has 0 amide bonds. The third kappa shape index (κ3) is 2.66. The van der Waals surface area contributed by atoms with Crippen LogP contribution in [0.1, 0.15) is 17.0 Å². The Balaban J connectivity index is 1.60. The minimum atomic E-state index is -0.0153. The van der Waals surface area contributed by atoms with E-state index in [4.69, 9.17) is 0 Å². The molecule has 0 radical (unpaired) electrons. The zero-order chi connectivity index (χ0) is 15.8. The molecule has 23 heavy (non-hydrogen) atoms. The molecular weight excluding hydrogens is 310 g/mol. The van der Waals surface area contributed by atoms with Gasteiger partial charge in [0.2, 0.25) is 0 Å². The summed E-state index contributed by atoms with van der Waals surface area (Å²) in [5, 5.41) is 9.29. The minimum absolute atomic E-state index is 0.0153. The van der Waals surface area contributed by atoms with E-state index >= 15 is 0 Å². The van der Waals surface area contributed by atoms with Gasteiger partial charge in [0.15, 0.2) is 5.16 Å². The predicted molar refractivity (Wildman–Crippen MR) is 90.6 cm³/mol. The van der Waals surface area contributed by atoms with E-state index in [1.165, 1.54) is 11.8 Å². The molecular formula is C16H17N5OS. The molecule has 0 aliphatic carbocycles. The van der Waals surface area contributed by atoms with Crippen molar-refractivity contribution in [3.63, 3.8) is 0 Å². The number of fused-ring (bicyclic) bond motifs is 2. The summed E-state index contributed by atoms with van der Waals surface area (Å²) in [6, 6.07) is 8.08. The maximum atomic E-state index is 12.2. The van der Waals surface area contributed by atoms with Gasteiger partial charge in [-0.2, -0.15) is 5.10 Å². The number of H-pyrrole nitrogens is 2. The number of para-hydroxylation sites is 1. The molecule has 1 aromatic carbocycles. The Bertz CT molecular complexity index is 916. The van der Waals surface area contributed by atoms with Crippen molar-refractivity contribution in [2.75, 3.05) is 12.8 Å². The summed E-state index contributed by atoms with van der Waals surface area (Å²) in [5.74, 6) is 0. The molecule has 1 aliphatic rings. The predicted octanol–water partition coefficient (Wildman–Crippen LogP) is 1.93. The number of rotatable bonds is 3. The fourth-order valence-corrected chi connectivity index (χ4v) is 3.44. The summed E-state index contributed by atoms with van der Waals surface area (Å²) >= 11 is 1.47. The zero-order valence-electron chi connectivity index (χ0n) is 12.8. The molecule has 1 aliphatic heterocycles. The van der Waals surface area contributed by atoms with Gasteiger partial charge in [-0.1, -0.05) is 30.0 Å². The maximum absolute atomic E-state index is 12.2. The monoisotopic (exact) mass is 327 g/mol. The van der Waals surface area contributed by atoms with Gasteiger partial charge in [-0.25, -0.2) is 4.98 Å². The van der Waals surface area contributed by atoms with Gasteiger partial charge in [0.25, 0.3) is 5.56 Å². The van der Waals surface area contributed by atoms with Crippen LogP contribution in [0.3, 0.4) is 0 Å². The smallest absolute Gasteiger partial charge is 0.256 e. The van der Waals surface area contributed by atoms with Crippen LogP contribution in [-0.2, 0) is 19.5 Å². The highest BCUT2D eigenvalue weighted by Gasteiger charge is 2.22. The van der Waals surface area contributed by atoms with Gasteiger partial charge >= 0.3 is 0 Å². The molecule has 3 heterocycles. The van der Waals surface area contributed by atoms with Crippen molar-refractivity contribution >= 4 is 22.7 Å². The van der Waals surface area contributed by atoms with E-state index in [1.807, 2.05) is 24.5 Å². The highest BCUT2D eigenvalue weighted by molar-refractivity contribution is 7.98. The largest absolute Gasteiger partial charge is 0.301 e. The Hall–Kier alpha value is -2.12. The summed E-state index contributed by atoms with van der Waals surface area (Å²) in [6.45, 7) is 2.27. The van der Waals surface area contributed by atoms with Crippen molar-refractivity contribution in [2.24, 2.45) is 0 Å². The van der Waals surface area contributed by atoms with Crippen LogP contribution in [-0.4, -0.2) is 37.9 Å². The van der Waals surface area contributed by atoms with Crippen LogP contribution in [0.2, 0.25) is 0 Å². The lowest BCUT2D eigenvalue weighted by molar-refractivity contribution is 0.239. The fraction of sp³-hybridized carbons (Fsp3) is 0.312. The molecule has 0 spiro atoms. The average molecular weight is 327 g/mol. The number of hydrogen-bond acceptors (Lipinski definition) is 5. The highest BCUT2D eigenvalue weighted by Crippen LogP contribution is 2.21. The number of aromatic nitrogens is 4. The van der Waals surface area contributed by atoms with E-state index in [0.29, 0.717) is 11.7 Å². The zero-order valence-corrected chi connectivity index (χ0v) is 13.6. The molecule has 4 rings (SSSR count). The van der Waals surface area contributed by atoms with Crippen molar-refractivity contribution < 1.29 is 0 Å². The van der Waals surface area contributed by atoms with E-state index in [1.54, 1.807) is 0 Å². The first-order valence-corrected chi connectivity index (χ1v) is 8.77. The Morgan fingerprint density at radius 3 is 3.09 bits per heavy atom. The second-order valence-electron chi connectivity index (χ2n) is 5.68. The maximum Gasteiger partial charge on any atom is 0.256 e. The summed E-state index contributed by atoms with van der Waals surface area (Å²) in [5.41, 5.74) is 3.78.